The van der Waals surface area contributed by atoms with Gasteiger partial charge in [-0.2, -0.15) is 9.97 Å². The van der Waals surface area contributed by atoms with E-state index in [1.165, 1.54) is 12.4 Å². The van der Waals surface area contributed by atoms with Crippen LogP contribution >= 0.6 is 47.6 Å². The van der Waals surface area contributed by atoms with E-state index in [1.54, 1.807) is 6.07 Å². The summed E-state index contributed by atoms with van der Waals surface area (Å²) >= 11 is 17.4. The van der Waals surface area contributed by atoms with E-state index < -0.39 is 0 Å². The zero-order valence-corrected chi connectivity index (χ0v) is 32.2. The Morgan fingerprint density at radius 2 is 1.08 bits per heavy atom. The summed E-state index contributed by atoms with van der Waals surface area (Å²) in [5.74, 6) is 6.09. The van der Waals surface area contributed by atoms with E-state index in [0.717, 1.165) is 27.9 Å². The van der Waals surface area contributed by atoms with Crippen molar-refractivity contribution in [1.29, 1.82) is 0 Å². The molecule has 49 heavy (non-hydrogen) atoms. The van der Waals surface area contributed by atoms with Crippen molar-refractivity contribution >= 4 is 98.9 Å². The highest BCUT2D eigenvalue weighted by Gasteiger charge is 2.15. The summed E-state index contributed by atoms with van der Waals surface area (Å²) in [6.07, 6.45) is 2.92. The third-order valence-electron chi connectivity index (χ3n) is 6.18. The zero-order valence-electron chi connectivity index (χ0n) is 29.0. The number of hydrogen-bond acceptors (Lipinski definition) is 14. The molecule has 4 aromatic rings. The summed E-state index contributed by atoms with van der Waals surface area (Å²) < 4.78 is 11.6. The van der Waals surface area contributed by atoms with Gasteiger partial charge >= 0.3 is 0 Å². The Morgan fingerprint density at radius 3 is 1.43 bits per heavy atom. The minimum atomic E-state index is -0.0556. The molecule has 0 fully saturated rings. The van der Waals surface area contributed by atoms with Crippen molar-refractivity contribution in [3.8, 4) is 23.0 Å². The van der Waals surface area contributed by atoms with E-state index in [-0.39, 0.29) is 33.2 Å². The molecule has 0 bridgehead atoms. The van der Waals surface area contributed by atoms with E-state index in [4.69, 9.17) is 61.3 Å². The molecule has 266 valence electrons. The molecular formula is C33H46Cl2N10O2S2. The number of aliphatic imine (C=N–C) groups is 1. The number of halogens is 2. The second-order valence-electron chi connectivity index (χ2n) is 10.3. The fourth-order valence-electron chi connectivity index (χ4n) is 3.87. The first-order valence-electron chi connectivity index (χ1n) is 14.8. The molecule has 2 heterocycles. The third kappa shape index (κ3) is 14.7. The zero-order chi connectivity index (χ0) is 38.0. The molecule has 0 aliphatic heterocycles. The topological polar surface area (TPSA) is 212 Å². The highest BCUT2D eigenvalue weighted by molar-refractivity contribution is 7.86. The van der Waals surface area contributed by atoms with E-state index in [1.807, 2.05) is 45.9 Å². The minimum Gasteiger partial charge on any atom is -0.451 e. The average Bonchev–Trinajstić information content (AvgIpc) is 3.04. The number of hydrogen-bond donors (Lipinski definition) is 5. The summed E-state index contributed by atoms with van der Waals surface area (Å²) in [5, 5.41) is 0. The van der Waals surface area contributed by atoms with E-state index in [0.29, 0.717) is 34.6 Å². The molecule has 0 spiro atoms. The molecule has 0 amide bonds. The summed E-state index contributed by atoms with van der Waals surface area (Å²) in [6, 6.07) is 7.69. The Balaban J connectivity index is 0.000000777. The summed E-state index contributed by atoms with van der Waals surface area (Å²) in [5.41, 5.74) is 34.1. The van der Waals surface area contributed by atoms with Crippen LogP contribution in [-0.2, 0) is 0 Å². The van der Waals surface area contributed by atoms with Crippen molar-refractivity contribution in [2.75, 3.05) is 28.7 Å². The first-order valence-corrected chi connectivity index (χ1v) is 16.5. The Bertz CT molecular complexity index is 1690. The SMILES string of the molecule is C=Nc1cc(Oc2cnc(N)nc2N)c(C(C)C)cc1C.C=S.CC.Cc1cc(C(C)C)c(Oc2cnc(N)nc2N)cc1N.S=C(Cl)Cl. The molecule has 0 aliphatic carbocycles. The fourth-order valence-corrected chi connectivity index (χ4v) is 3.87. The molecule has 2 aromatic heterocycles. The van der Waals surface area contributed by atoms with Gasteiger partial charge < -0.3 is 38.1 Å². The Morgan fingerprint density at radius 1 is 0.714 bits per heavy atom. The standard InChI is InChI=1S/C15H19N5O.C14H19N5O.C2H6.CCl2S.CH2S/c1-8(2)10-5-9(3)11(18-4)6-12(10)21-13-7-19-15(17)20-14(13)16;1-7(2)9-4-8(3)10(15)5-11(9)20-12-6-18-14(17)19-13(12)16;1-2;2-1(3)4;1-2/h5-8H,4H2,1-3H3,(H4,16,17,19,20);4-7H,15H2,1-3H3,(H4,16,17,18,19);1-2H3;;1H2. The van der Waals surface area contributed by atoms with Crippen molar-refractivity contribution < 1.29 is 9.47 Å². The first kappa shape index (κ1) is 44.6. The normalized spacial score (nSPS) is 9.71. The van der Waals surface area contributed by atoms with Crippen LogP contribution in [0.15, 0.2) is 41.7 Å². The number of nitrogens with zero attached hydrogens (tertiary/aromatic N) is 5. The lowest BCUT2D eigenvalue weighted by Crippen LogP contribution is -2.03. The van der Waals surface area contributed by atoms with Gasteiger partial charge in [0.05, 0.1) is 18.1 Å². The van der Waals surface area contributed by atoms with Gasteiger partial charge in [0, 0.05) is 17.8 Å². The predicted octanol–water partition coefficient (Wildman–Crippen LogP) is 9.04. The van der Waals surface area contributed by atoms with Crippen LogP contribution in [0.2, 0.25) is 0 Å². The Hall–Kier alpha value is -4.37. The monoisotopic (exact) mass is 748 g/mol. The molecule has 0 aliphatic rings. The number of anilines is 5. The lowest BCUT2D eigenvalue weighted by molar-refractivity contribution is 0.471. The van der Waals surface area contributed by atoms with Crippen LogP contribution in [0.4, 0.5) is 34.9 Å². The number of thiocarbonyl (C=S) groups is 2. The van der Waals surface area contributed by atoms with Crippen LogP contribution in [0.5, 0.6) is 23.0 Å². The number of aryl methyl sites for hydroxylation is 2. The van der Waals surface area contributed by atoms with Crippen molar-refractivity contribution in [3.63, 3.8) is 0 Å². The molecule has 4 rings (SSSR count). The second-order valence-corrected chi connectivity index (χ2v) is 12.1. The molecule has 10 N–H and O–H groups in total. The smallest absolute Gasteiger partial charge is 0.222 e. The number of aromatic nitrogens is 4. The lowest BCUT2D eigenvalue weighted by atomic mass is 9.99. The van der Waals surface area contributed by atoms with Gasteiger partial charge in [-0.1, -0.05) is 95.2 Å². The molecular weight excluding hydrogens is 703 g/mol. The highest BCUT2D eigenvalue weighted by atomic mass is 35.5. The van der Waals surface area contributed by atoms with Crippen molar-refractivity contribution in [3.05, 3.63) is 58.9 Å². The number of benzene rings is 2. The molecule has 0 radical (unpaired) electrons. The highest BCUT2D eigenvalue weighted by Crippen LogP contribution is 2.38. The molecule has 0 saturated carbocycles. The summed E-state index contributed by atoms with van der Waals surface area (Å²) in [7, 11) is 0. The van der Waals surface area contributed by atoms with Crippen LogP contribution in [0.25, 0.3) is 0 Å². The van der Waals surface area contributed by atoms with Gasteiger partial charge in [0.25, 0.3) is 0 Å². The van der Waals surface area contributed by atoms with Crippen LogP contribution in [-0.4, -0.2) is 36.3 Å². The Kier molecular flexibility index (Phi) is 20.3. The maximum absolute atomic E-state index is 5.94. The maximum Gasteiger partial charge on any atom is 0.222 e. The molecule has 2 aromatic carbocycles. The van der Waals surface area contributed by atoms with Gasteiger partial charge in [0.2, 0.25) is 11.9 Å². The summed E-state index contributed by atoms with van der Waals surface area (Å²) in [6.45, 7) is 19.9. The Labute approximate surface area is 309 Å². The van der Waals surface area contributed by atoms with Crippen LogP contribution in [0, 0.1) is 13.8 Å². The van der Waals surface area contributed by atoms with E-state index in [9.17, 15) is 0 Å². The van der Waals surface area contributed by atoms with Crippen molar-refractivity contribution in [2.24, 2.45) is 4.99 Å². The number of rotatable bonds is 7. The van der Waals surface area contributed by atoms with E-state index >= 15 is 0 Å². The third-order valence-corrected chi connectivity index (χ3v) is 6.18. The average molecular weight is 750 g/mol. The maximum atomic E-state index is 5.94. The predicted molar refractivity (Wildman–Crippen MR) is 216 cm³/mol. The molecule has 0 unspecified atom stereocenters. The number of nitrogens with two attached hydrogens (primary N) is 5. The molecule has 0 saturated heterocycles. The quantitative estimate of drug-likeness (QED) is 0.0517. The largest absolute Gasteiger partial charge is 0.451 e. The molecule has 0 atom stereocenters. The molecule has 16 heteroatoms. The van der Waals surface area contributed by atoms with Gasteiger partial charge in [0.1, 0.15) is 11.5 Å². The second kappa shape index (κ2) is 22.3. The van der Waals surface area contributed by atoms with Crippen LogP contribution in [0.3, 0.4) is 0 Å². The van der Waals surface area contributed by atoms with Gasteiger partial charge in [-0.15, -0.1) is 0 Å². The van der Waals surface area contributed by atoms with Gasteiger partial charge in [-0.05, 0) is 66.6 Å². The lowest BCUT2D eigenvalue weighted by Gasteiger charge is -2.16. The summed E-state index contributed by atoms with van der Waals surface area (Å²) in [4.78, 5) is 19.5. The van der Waals surface area contributed by atoms with E-state index in [2.05, 4.69) is 89.6 Å². The van der Waals surface area contributed by atoms with Crippen molar-refractivity contribution in [1.82, 2.24) is 19.9 Å². The van der Waals surface area contributed by atoms with Crippen LogP contribution < -0.4 is 38.1 Å². The fraction of sp³-hybridized carbons (Fsp3) is 0.303. The minimum absolute atomic E-state index is 0.0556. The number of nitrogen functional groups attached to an aromatic ring is 5. The van der Waals surface area contributed by atoms with Crippen molar-refractivity contribution in [2.45, 2.75) is 67.2 Å². The van der Waals surface area contributed by atoms with Gasteiger partial charge in [-0.25, -0.2) is 9.97 Å². The van der Waals surface area contributed by atoms with Gasteiger partial charge in [-0.3, -0.25) is 4.99 Å². The first-order chi connectivity index (χ1) is 23.0. The number of ether oxygens (including phenoxy) is 2. The van der Waals surface area contributed by atoms with Crippen LogP contribution in [0.1, 0.15) is 75.6 Å². The van der Waals surface area contributed by atoms with Gasteiger partial charge in [0.15, 0.2) is 26.9 Å². The molecule has 12 nitrogen and oxygen atoms in total.